The number of carbonyl (C=O) groups is 3. The number of thiophene rings is 1. The summed E-state index contributed by atoms with van der Waals surface area (Å²) in [5.74, 6) is -1.05. The standard InChI is InChI=1S/C21H24N2O4S/c1-11-5-8-16(12(2)9-11)22-17(24)10-27-21(26)18-13(3)14(4)28-20(18)23-19(25)15-6-7-15/h5,8-9,15H,6-7,10H2,1-4H3,(H,22,24)(H,23,25). The number of benzene rings is 1. The molecule has 1 heterocycles. The van der Waals surface area contributed by atoms with Crippen LogP contribution in [0.25, 0.3) is 0 Å². The molecule has 28 heavy (non-hydrogen) atoms. The van der Waals surface area contributed by atoms with Crippen LogP contribution in [-0.2, 0) is 14.3 Å². The lowest BCUT2D eigenvalue weighted by atomic mass is 10.1. The van der Waals surface area contributed by atoms with Gasteiger partial charge in [0.05, 0.1) is 5.56 Å². The first kappa shape index (κ1) is 20.1. The van der Waals surface area contributed by atoms with Gasteiger partial charge < -0.3 is 15.4 Å². The Balaban J connectivity index is 1.64. The summed E-state index contributed by atoms with van der Waals surface area (Å²) in [6.45, 7) is 7.18. The number of aryl methyl sites for hydroxylation is 3. The number of hydrogen-bond donors (Lipinski definition) is 2. The highest BCUT2D eigenvalue weighted by molar-refractivity contribution is 7.16. The fourth-order valence-electron chi connectivity index (χ4n) is 2.86. The molecule has 1 aromatic carbocycles. The van der Waals surface area contributed by atoms with Gasteiger partial charge in [-0.2, -0.15) is 0 Å². The minimum Gasteiger partial charge on any atom is -0.452 e. The quantitative estimate of drug-likeness (QED) is 0.714. The molecule has 0 radical (unpaired) electrons. The Labute approximate surface area is 168 Å². The van der Waals surface area contributed by atoms with Crippen molar-refractivity contribution in [3.05, 3.63) is 45.3 Å². The summed E-state index contributed by atoms with van der Waals surface area (Å²) < 4.78 is 5.22. The molecule has 1 aromatic heterocycles. The lowest BCUT2D eigenvalue weighted by Gasteiger charge is -2.10. The Morgan fingerprint density at radius 1 is 1.11 bits per heavy atom. The van der Waals surface area contributed by atoms with Gasteiger partial charge in [0.1, 0.15) is 5.00 Å². The van der Waals surface area contributed by atoms with Crippen molar-refractivity contribution in [3.8, 4) is 0 Å². The average molecular weight is 401 g/mol. The number of ether oxygens (including phenoxy) is 1. The van der Waals surface area contributed by atoms with E-state index < -0.39 is 18.5 Å². The van der Waals surface area contributed by atoms with Crippen LogP contribution in [-0.4, -0.2) is 24.4 Å². The molecule has 1 saturated carbocycles. The largest absolute Gasteiger partial charge is 0.452 e. The summed E-state index contributed by atoms with van der Waals surface area (Å²) in [6.07, 6.45) is 1.76. The molecule has 2 N–H and O–H groups in total. The predicted octanol–water partition coefficient (Wildman–Crippen LogP) is 4.13. The van der Waals surface area contributed by atoms with Gasteiger partial charge in [-0.15, -0.1) is 11.3 Å². The Bertz CT molecular complexity index is 944. The zero-order chi connectivity index (χ0) is 20.4. The smallest absolute Gasteiger partial charge is 0.341 e. The zero-order valence-corrected chi connectivity index (χ0v) is 17.3. The highest BCUT2D eigenvalue weighted by Crippen LogP contribution is 2.36. The first-order valence-corrected chi connectivity index (χ1v) is 10.0. The number of anilines is 2. The zero-order valence-electron chi connectivity index (χ0n) is 16.5. The summed E-state index contributed by atoms with van der Waals surface area (Å²) in [7, 11) is 0. The first-order chi connectivity index (χ1) is 13.3. The van der Waals surface area contributed by atoms with Crippen molar-refractivity contribution >= 4 is 39.8 Å². The molecule has 0 unspecified atom stereocenters. The van der Waals surface area contributed by atoms with Crippen LogP contribution < -0.4 is 10.6 Å². The van der Waals surface area contributed by atoms with Crippen LogP contribution in [0.5, 0.6) is 0 Å². The number of nitrogens with one attached hydrogen (secondary N) is 2. The molecule has 0 atom stereocenters. The summed E-state index contributed by atoms with van der Waals surface area (Å²) in [6, 6.07) is 5.69. The maximum Gasteiger partial charge on any atom is 0.341 e. The van der Waals surface area contributed by atoms with Crippen LogP contribution in [0, 0.1) is 33.6 Å². The molecule has 2 aromatic rings. The van der Waals surface area contributed by atoms with Crippen LogP contribution >= 0.6 is 11.3 Å². The molecule has 148 valence electrons. The van der Waals surface area contributed by atoms with E-state index in [9.17, 15) is 14.4 Å². The van der Waals surface area contributed by atoms with Gasteiger partial charge in [0.2, 0.25) is 5.91 Å². The minimum absolute atomic E-state index is 0.0371. The topological polar surface area (TPSA) is 84.5 Å². The molecular formula is C21H24N2O4S. The minimum atomic E-state index is -0.608. The van der Waals surface area contributed by atoms with E-state index in [0.717, 1.165) is 34.4 Å². The van der Waals surface area contributed by atoms with E-state index in [4.69, 9.17) is 4.74 Å². The van der Waals surface area contributed by atoms with Gasteiger partial charge in [-0.25, -0.2) is 4.79 Å². The van der Waals surface area contributed by atoms with Crippen LogP contribution in [0.3, 0.4) is 0 Å². The third-order valence-corrected chi connectivity index (χ3v) is 5.89. The van der Waals surface area contributed by atoms with Gasteiger partial charge in [-0.3, -0.25) is 9.59 Å². The fraction of sp³-hybridized carbons (Fsp3) is 0.381. The van der Waals surface area contributed by atoms with Gasteiger partial charge in [-0.1, -0.05) is 17.7 Å². The third kappa shape index (κ3) is 4.59. The van der Waals surface area contributed by atoms with E-state index in [2.05, 4.69) is 10.6 Å². The number of esters is 1. The van der Waals surface area contributed by atoms with Gasteiger partial charge in [0.25, 0.3) is 5.91 Å². The highest BCUT2D eigenvalue weighted by Gasteiger charge is 2.31. The summed E-state index contributed by atoms with van der Waals surface area (Å²) in [5.41, 5.74) is 3.82. The van der Waals surface area contributed by atoms with E-state index in [1.165, 1.54) is 11.3 Å². The number of hydrogen-bond acceptors (Lipinski definition) is 5. The van der Waals surface area contributed by atoms with Gasteiger partial charge in [0.15, 0.2) is 6.61 Å². The number of amides is 2. The van der Waals surface area contributed by atoms with Crippen LogP contribution in [0.4, 0.5) is 10.7 Å². The predicted molar refractivity (Wildman–Crippen MR) is 110 cm³/mol. The second-order valence-electron chi connectivity index (χ2n) is 7.19. The van der Waals surface area contributed by atoms with Gasteiger partial charge in [-0.05, 0) is 57.7 Å². The Kier molecular flexibility index (Phi) is 5.84. The van der Waals surface area contributed by atoms with Crippen LogP contribution in [0.15, 0.2) is 18.2 Å². The summed E-state index contributed by atoms with van der Waals surface area (Å²) in [4.78, 5) is 37.8. The van der Waals surface area contributed by atoms with Crippen LogP contribution in [0.2, 0.25) is 0 Å². The maximum absolute atomic E-state index is 12.6. The number of carbonyl (C=O) groups excluding carboxylic acids is 3. The second-order valence-corrected chi connectivity index (χ2v) is 8.42. The molecule has 1 aliphatic rings. The molecular weight excluding hydrogens is 376 g/mol. The third-order valence-electron chi connectivity index (χ3n) is 4.76. The van der Waals surface area contributed by atoms with Crippen molar-refractivity contribution in [2.45, 2.75) is 40.5 Å². The monoisotopic (exact) mass is 400 g/mol. The van der Waals surface area contributed by atoms with Crippen molar-refractivity contribution in [1.29, 1.82) is 0 Å². The molecule has 0 aliphatic heterocycles. The van der Waals surface area contributed by atoms with Crippen molar-refractivity contribution in [1.82, 2.24) is 0 Å². The SMILES string of the molecule is Cc1ccc(NC(=O)COC(=O)c2c(NC(=O)C3CC3)sc(C)c2C)c(C)c1. The second kappa shape index (κ2) is 8.14. The van der Waals surface area contributed by atoms with Crippen LogP contribution in [0.1, 0.15) is 44.8 Å². The molecule has 0 spiro atoms. The fourth-order valence-corrected chi connectivity index (χ4v) is 3.92. The maximum atomic E-state index is 12.6. The molecule has 0 saturated heterocycles. The molecule has 3 rings (SSSR count). The molecule has 1 aliphatic carbocycles. The lowest BCUT2D eigenvalue weighted by Crippen LogP contribution is -2.22. The molecule has 0 bridgehead atoms. The van der Waals surface area contributed by atoms with E-state index in [1.807, 2.05) is 45.9 Å². The molecule has 6 nitrogen and oxygen atoms in total. The number of rotatable bonds is 6. The van der Waals surface area contributed by atoms with Crippen molar-refractivity contribution in [2.75, 3.05) is 17.2 Å². The Morgan fingerprint density at radius 3 is 2.46 bits per heavy atom. The summed E-state index contributed by atoms with van der Waals surface area (Å²) in [5, 5.41) is 6.08. The van der Waals surface area contributed by atoms with Gasteiger partial charge >= 0.3 is 5.97 Å². The van der Waals surface area contributed by atoms with Crippen molar-refractivity contribution < 1.29 is 19.1 Å². The normalized spacial score (nSPS) is 13.1. The molecule has 2 amide bonds. The van der Waals surface area contributed by atoms with Crippen molar-refractivity contribution in [3.63, 3.8) is 0 Å². The van der Waals surface area contributed by atoms with E-state index in [1.54, 1.807) is 0 Å². The average Bonchev–Trinajstić information content (AvgIpc) is 3.43. The Morgan fingerprint density at radius 2 is 1.82 bits per heavy atom. The Hall–Kier alpha value is -2.67. The van der Waals surface area contributed by atoms with E-state index in [0.29, 0.717) is 16.3 Å². The lowest BCUT2D eigenvalue weighted by molar-refractivity contribution is -0.119. The van der Waals surface area contributed by atoms with Crippen molar-refractivity contribution in [2.24, 2.45) is 5.92 Å². The van der Waals surface area contributed by atoms with E-state index in [-0.39, 0.29) is 11.8 Å². The van der Waals surface area contributed by atoms with E-state index >= 15 is 0 Å². The highest BCUT2D eigenvalue weighted by atomic mass is 32.1. The van der Waals surface area contributed by atoms with Gasteiger partial charge in [0, 0.05) is 16.5 Å². The molecule has 7 heteroatoms. The summed E-state index contributed by atoms with van der Waals surface area (Å²) >= 11 is 1.35. The first-order valence-electron chi connectivity index (χ1n) is 9.21. The molecule has 1 fully saturated rings.